The first-order chi connectivity index (χ1) is 20.8. The summed E-state index contributed by atoms with van der Waals surface area (Å²) in [6, 6.07) is 17.5. The number of hydrogen-bond acceptors (Lipinski definition) is 7. The molecule has 0 radical (unpaired) electrons. The highest BCUT2D eigenvalue weighted by Crippen LogP contribution is 2.24. The number of rotatable bonds is 6. The molecule has 1 atom stereocenters. The molecule has 6 aromatic rings. The average Bonchev–Trinajstić information content (AvgIpc) is 3.58. The zero-order valence-corrected chi connectivity index (χ0v) is 22.9. The summed E-state index contributed by atoms with van der Waals surface area (Å²) in [6.07, 6.45) is 6.35. The van der Waals surface area contributed by atoms with Crippen molar-refractivity contribution in [2.24, 2.45) is 5.73 Å². The van der Waals surface area contributed by atoms with Gasteiger partial charge in [0.05, 0.1) is 23.2 Å². The summed E-state index contributed by atoms with van der Waals surface area (Å²) in [5, 5.41) is 12.3. The molecular weight excluding hydrogens is 546 g/mol. The Morgan fingerprint density at radius 3 is 2.67 bits per heavy atom. The number of carbonyl (C=O) groups is 2. The van der Waals surface area contributed by atoms with Gasteiger partial charge >= 0.3 is 0 Å². The molecule has 0 spiro atoms. The van der Waals surface area contributed by atoms with Crippen LogP contribution in [0.25, 0.3) is 22.1 Å². The van der Waals surface area contributed by atoms with Crippen molar-refractivity contribution in [3.63, 3.8) is 0 Å². The number of aromatic nitrogens is 6. The highest BCUT2D eigenvalue weighted by Gasteiger charge is 2.24. The minimum atomic E-state index is -0.617. The van der Waals surface area contributed by atoms with Crippen molar-refractivity contribution in [2.75, 3.05) is 5.73 Å². The molecular formula is C31H25N9O3. The summed E-state index contributed by atoms with van der Waals surface area (Å²) in [5.41, 5.74) is 13.8. The first kappa shape index (κ1) is 27.0. The molecule has 6 rings (SSSR count). The predicted octanol–water partition coefficient (Wildman–Crippen LogP) is 2.19. The largest absolute Gasteiger partial charge is 0.381 e. The third-order valence-electron chi connectivity index (χ3n) is 6.82. The minimum Gasteiger partial charge on any atom is -0.381 e. The van der Waals surface area contributed by atoms with Crippen molar-refractivity contribution in [1.29, 1.82) is 0 Å². The van der Waals surface area contributed by atoms with E-state index >= 15 is 0 Å². The number of pyridine rings is 1. The Morgan fingerprint density at radius 2 is 1.88 bits per heavy atom. The van der Waals surface area contributed by atoms with Gasteiger partial charge in [-0.3, -0.25) is 23.6 Å². The molecule has 4 aromatic heterocycles. The molecule has 0 saturated heterocycles. The van der Waals surface area contributed by atoms with Crippen LogP contribution < -0.4 is 22.3 Å². The van der Waals surface area contributed by atoms with Gasteiger partial charge in [0.15, 0.2) is 11.5 Å². The summed E-state index contributed by atoms with van der Waals surface area (Å²) in [5.74, 6) is 5.16. The normalized spacial score (nSPS) is 11.7. The van der Waals surface area contributed by atoms with E-state index < -0.39 is 17.9 Å². The fourth-order valence-electron chi connectivity index (χ4n) is 4.93. The van der Waals surface area contributed by atoms with Crippen molar-refractivity contribution in [1.82, 2.24) is 34.3 Å². The zero-order chi connectivity index (χ0) is 30.1. The van der Waals surface area contributed by atoms with E-state index in [1.807, 2.05) is 48.5 Å². The third kappa shape index (κ3) is 5.18. The molecule has 0 saturated carbocycles. The predicted molar refractivity (Wildman–Crippen MR) is 160 cm³/mol. The molecule has 0 unspecified atom stereocenters. The van der Waals surface area contributed by atoms with Crippen LogP contribution in [0.5, 0.6) is 0 Å². The van der Waals surface area contributed by atoms with Gasteiger partial charge in [-0.25, -0.2) is 9.50 Å². The topological polar surface area (TPSA) is 168 Å². The molecule has 2 amide bonds. The summed E-state index contributed by atoms with van der Waals surface area (Å²) >= 11 is 0. The van der Waals surface area contributed by atoms with Gasteiger partial charge in [-0.05, 0) is 42.6 Å². The smallest absolute Gasteiger partial charge is 0.264 e. The quantitative estimate of drug-likeness (QED) is 0.258. The van der Waals surface area contributed by atoms with Crippen LogP contribution in [0.4, 0.5) is 5.82 Å². The zero-order valence-electron chi connectivity index (χ0n) is 22.9. The van der Waals surface area contributed by atoms with Crippen molar-refractivity contribution in [3.8, 4) is 17.5 Å². The van der Waals surface area contributed by atoms with Crippen molar-refractivity contribution in [3.05, 3.63) is 118 Å². The van der Waals surface area contributed by atoms with Crippen LogP contribution in [-0.2, 0) is 11.3 Å². The summed E-state index contributed by atoms with van der Waals surface area (Å²) in [7, 11) is 0. The third-order valence-corrected chi connectivity index (χ3v) is 6.82. The van der Waals surface area contributed by atoms with Gasteiger partial charge in [0, 0.05) is 35.5 Å². The number of nitrogens with two attached hydrogens (primary N) is 2. The minimum absolute atomic E-state index is 0.0470. The van der Waals surface area contributed by atoms with E-state index in [0.29, 0.717) is 38.9 Å². The molecule has 0 aliphatic carbocycles. The number of para-hydroxylation sites is 1. The maximum Gasteiger partial charge on any atom is 0.264 e. The van der Waals surface area contributed by atoms with Gasteiger partial charge in [0.1, 0.15) is 12.1 Å². The van der Waals surface area contributed by atoms with Crippen LogP contribution in [0, 0.1) is 11.8 Å². The van der Waals surface area contributed by atoms with Crippen molar-refractivity contribution < 1.29 is 9.59 Å². The maximum atomic E-state index is 14.2. The number of amides is 2. The average molecular weight is 572 g/mol. The number of anilines is 1. The van der Waals surface area contributed by atoms with Gasteiger partial charge in [-0.15, -0.1) is 5.10 Å². The molecule has 12 nitrogen and oxygen atoms in total. The number of benzene rings is 2. The Hall–Kier alpha value is -6.22. The molecule has 0 fully saturated rings. The highest BCUT2D eigenvalue weighted by atomic mass is 16.2. The number of carbonyl (C=O) groups excluding carboxylic acids is 2. The van der Waals surface area contributed by atoms with Crippen LogP contribution in [0.1, 0.15) is 40.1 Å². The first-order valence-electron chi connectivity index (χ1n) is 13.3. The standard InChI is InChI=1S/C31H25N9O3/c1-19(36-30(42)27-28(33)37-39-14-6-13-34-29(27)39)24-15-22-8-5-7-21(12-11-20-16-35-38(17-20)18-25(32)41)26(22)31(43)40(24)23-9-3-2-4-10-23/h2-10,13-17,19H,18H2,1H3,(H2,32,41)(H2,33,37)(H,36,42)/t19-/m0/s1. The first-order valence-corrected chi connectivity index (χ1v) is 13.3. The molecule has 43 heavy (non-hydrogen) atoms. The summed E-state index contributed by atoms with van der Waals surface area (Å²) < 4.78 is 4.41. The van der Waals surface area contributed by atoms with Gasteiger partial charge in [-0.1, -0.05) is 42.2 Å². The number of primary amides is 1. The Kier molecular flexibility index (Phi) is 6.89. The fraction of sp³-hybridized carbons (Fsp3) is 0.0968. The maximum absolute atomic E-state index is 14.2. The Balaban J connectivity index is 1.44. The second kappa shape index (κ2) is 11.0. The Bertz CT molecular complexity index is 2150. The lowest BCUT2D eigenvalue weighted by molar-refractivity contribution is -0.118. The van der Waals surface area contributed by atoms with Crippen LogP contribution in [0.2, 0.25) is 0 Å². The number of hydrogen-bond donors (Lipinski definition) is 3. The number of fused-ring (bicyclic) bond motifs is 2. The van der Waals surface area contributed by atoms with Gasteiger partial charge in [0.25, 0.3) is 11.5 Å². The number of nitrogens with one attached hydrogen (secondary N) is 1. The van der Waals surface area contributed by atoms with E-state index in [1.165, 1.54) is 15.4 Å². The molecule has 0 aliphatic heterocycles. The molecule has 0 bridgehead atoms. The van der Waals surface area contributed by atoms with Crippen LogP contribution in [0.3, 0.4) is 0 Å². The lowest BCUT2D eigenvalue weighted by Gasteiger charge is -2.21. The van der Waals surface area contributed by atoms with Gasteiger partial charge in [-0.2, -0.15) is 5.10 Å². The fourth-order valence-corrected chi connectivity index (χ4v) is 4.93. The van der Waals surface area contributed by atoms with Crippen molar-refractivity contribution >= 4 is 34.1 Å². The van der Waals surface area contributed by atoms with E-state index in [9.17, 15) is 14.4 Å². The monoisotopic (exact) mass is 571 g/mol. The van der Waals surface area contributed by atoms with E-state index in [2.05, 4.69) is 32.3 Å². The molecule has 12 heteroatoms. The molecule has 2 aromatic carbocycles. The number of nitrogens with zero attached hydrogens (tertiary/aromatic N) is 6. The van der Waals surface area contributed by atoms with E-state index in [-0.39, 0.29) is 23.5 Å². The second-order valence-electron chi connectivity index (χ2n) is 9.80. The molecule has 212 valence electrons. The molecule has 0 aliphatic rings. The van der Waals surface area contributed by atoms with E-state index in [4.69, 9.17) is 11.5 Å². The van der Waals surface area contributed by atoms with E-state index in [0.717, 1.165) is 0 Å². The lowest BCUT2D eigenvalue weighted by Crippen LogP contribution is -2.32. The lowest BCUT2D eigenvalue weighted by atomic mass is 10.0. The molecule has 5 N–H and O–H groups in total. The second-order valence-corrected chi connectivity index (χ2v) is 9.80. The SMILES string of the molecule is C[C@H](NC(=O)c1c(N)nn2cccnc12)c1cc2cccc(C#Cc3cnn(CC(N)=O)c3)c2c(=O)n1-c1ccccc1. The van der Waals surface area contributed by atoms with Gasteiger partial charge in [0.2, 0.25) is 5.91 Å². The van der Waals surface area contributed by atoms with Crippen LogP contribution in [0.15, 0.2) is 90.2 Å². The highest BCUT2D eigenvalue weighted by molar-refractivity contribution is 6.04. The van der Waals surface area contributed by atoms with Crippen molar-refractivity contribution in [2.45, 2.75) is 19.5 Å². The van der Waals surface area contributed by atoms with Gasteiger partial charge < -0.3 is 16.8 Å². The molecule has 4 heterocycles. The Morgan fingerprint density at radius 1 is 1.07 bits per heavy atom. The van der Waals surface area contributed by atoms with Crippen LogP contribution >= 0.6 is 0 Å². The number of nitrogen functional groups attached to an aromatic ring is 1. The Labute approximate surface area is 244 Å². The summed E-state index contributed by atoms with van der Waals surface area (Å²) in [6.45, 7) is 1.73. The van der Waals surface area contributed by atoms with E-state index in [1.54, 1.807) is 42.2 Å². The summed E-state index contributed by atoms with van der Waals surface area (Å²) in [4.78, 5) is 43.1. The van der Waals surface area contributed by atoms with Crippen LogP contribution in [-0.4, -0.2) is 40.8 Å².